The summed E-state index contributed by atoms with van der Waals surface area (Å²) in [5.74, 6) is 1.26. The Balaban J connectivity index is 1.67. The van der Waals surface area contributed by atoms with Crippen molar-refractivity contribution in [3.8, 4) is 22.8 Å². The van der Waals surface area contributed by atoms with Gasteiger partial charge in [0.05, 0.1) is 25.1 Å². The standard InChI is InChI=1S/C17H19N7O2/c18-15-14(17-22-16(23-24-17)13-8-19-4-5-26-13)21-12(7-20-15)11-3-1-2-10(6-11)9-25/h1-3,6-7,13,19,25H,4-5,8-9H2,(H2,18,20)(H,22,23,24). The van der Waals surface area contributed by atoms with Gasteiger partial charge in [0.15, 0.2) is 17.5 Å². The molecule has 5 N–H and O–H groups in total. The molecule has 0 aliphatic carbocycles. The van der Waals surface area contributed by atoms with Gasteiger partial charge in [-0.25, -0.2) is 15.0 Å². The van der Waals surface area contributed by atoms with Crippen LogP contribution >= 0.6 is 0 Å². The summed E-state index contributed by atoms with van der Waals surface area (Å²) in [5, 5.41) is 19.7. The first-order valence-corrected chi connectivity index (χ1v) is 8.32. The number of anilines is 1. The highest BCUT2D eigenvalue weighted by Crippen LogP contribution is 2.25. The maximum atomic E-state index is 9.32. The van der Waals surface area contributed by atoms with Gasteiger partial charge in [-0.05, 0) is 11.6 Å². The SMILES string of the molecule is Nc1ncc(-c2cccc(CO)c2)nc1-c1nc(C2CNCCO2)n[nH]1. The smallest absolute Gasteiger partial charge is 0.181 e. The average molecular weight is 353 g/mol. The van der Waals surface area contributed by atoms with Crippen LogP contribution in [0, 0.1) is 0 Å². The van der Waals surface area contributed by atoms with Crippen LogP contribution in [0.25, 0.3) is 22.8 Å². The van der Waals surface area contributed by atoms with E-state index in [9.17, 15) is 5.11 Å². The summed E-state index contributed by atoms with van der Waals surface area (Å²) < 4.78 is 5.66. The van der Waals surface area contributed by atoms with Gasteiger partial charge in [0.25, 0.3) is 0 Å². The van der Waals surface area contributed by atoms with E-state index in [4.69, 9.17) is 10.5 Å². The Labute approximate surface area is 149 Å². The third kappa shape index (κ3) is 3.27. The maximum Gasteiger partial charge on any atom is 0.181 e. The number of nitrogens with two attached hydrogens (primary N) is 1. The number of nitrogens with zero attached hydrogens (tertiary/aromatic N) is 4. The van der Waals surface area contributed by atoms with Crippen molar-refractivity contribution in [3.05, 3.63) is 41.9 Å². The summed E-state index contributed by atoms with van der Waals surface area (Å²) in [6.07, 6.45) is 1.40. The Bertz CT molecular complexity index is 906. The fourth-order valence-corrected chi connectivity index (χ4v) is 2.80. The van der Waals surface area contributed by atoms with E-state index in [0.717, 1.165) is 17.7 Å². The van der Waals surface area contributed by atoms with Crippen LogP contribution in [0.15, 0.2) is 30.5 Å². The minimum atomic E-state index is -0.202. The number of hydrogen-bond donors (Lipinski definition) is 4. The monoisotopic (exact) mass is 353 g/mol. The second-order valence-electron chi connectivity index (χ2n) is 5.95. The molecule has 1 aliphatic rings. The second-order valence-corrected chi connectivity index (χ2v) is 5.95. The van der Waals surface area contributed by atoms with Crippen molar-refractivity contribution in [3.63, 3.8) is 0 Å². The molecule has 0 saturated carbocycles. The van der Waals surface area contributed by atoms with Gasteiger partial charge in [-0.3, -0.25) is 5.10 Å². The van der Waals surface area contributed by atoms with Gasteiger partial charge in [0, 0.05) is 18.7 Å². The molecule has 9 nitrogen and oxygen atoms in total. The molecule has 1 fully saturated rings. The fraction of sp³-hybridized carbons (Fsp3) is 0.294. The third-order valence-corrected chi connectivity index (χ3v) is 4.15. The largest absolute Gasteiger partial charge is 0.392 e. The van der Waals surface area contributed by atoms with Crippen molar-refractivity contribution in [2.45, 2.75) is 12.7 Å². The molecule has 1 aliphatic heterocycles. The molecule has 26 heavy (non-hydrogen) atoms. The number of H-pyrrole nitrogens is 1. The van der Waals surface area contributed by atoms with Crippen molar-refractivity contribution >= 4 is 5.82 Å². The summed E-state index contributed by atoms with van der Waals surface area (Å²) in [7, 11) is 0. The van der Waals surface area contributed by atoms with Crippen molar-refractivity contribution in [2.24, 2.45) is 0 Å². The number of ether oxygens (including phenoxy) is 1. The summed E-state index contributed by atoms with van der Waals surface area (Å²) >= 11 is 0. The third-order valence-electron chi connectivity index (χ3n) is 4.15. The molecule has 1 saturated heterocycles. The highest BCUT2D eigenvalue weighted by Gasteiger charge is 2.22. The van der Waals surface area contributed by atoms with Gasteiger partial charge in [-0.2, -0.15) is 5.10 Å². The number of morpholine rings is 1. The molecule has 3 heterocycles. The minimum absolute atomic E-state index is 0.0377. The molecule has 134 valence electrons. The molecule has 1 atom stereocenters. The Morgan fingerprint density at radius 3 is 3.04 bits per heavy atom. The van der Waals surface area contributed by atoms with Gasteiger partial charge in [0.2, 0.25) is 0 Å². The molecule has 0 radical (unpaired) electrons. The minimum Gasteiger partial charge on any atom is -0.392 e. The van der Waals surface area contributed by atoms with Gasteiger partial charge in [-0.15, -0.1) is 0 Å². The van der Waals surface area contributed by atoms with Crippen molar-refractivity contribution in [2.75, 3.05) is 25.4 Å². The molecule has 1 aromatic carbocycles. The molecule has 9 heteroatoms. The quantitative estimate of drug-likeness (QED) is 0.537. The Hall–Kier alpha value is -2.88. The topological polar surface area (TPSA) is 135 Å². The molecule has 0 amide bonds. The molecule has 1 unspecified atom stereocenters. The lowest BCUT2D eigenvalue weighted by Gasteiger charge is -2.20. The molecular weight excluding hydrogens is 334 g/mol. The number of aliphatic hydroxyl groups excluding tert-OH is 1. The van der Waals surface area contributed by atoms with Crippen molar-refractivity contribution in [1.29, 1.82) is 0 Å². The molecular formula is C17H19N7O2. The number of benzene rings is 1. The van der Waals surface area contributed by atoms with Crippen LogP contribution in [-0.4, -0.2) is 50.0 Å². The first-order valence-electron chi connectivity index (χ1n) is 8.32. The van der Waals surface area contributed by atoms with E-state index in [2.05, 4.69) is 30.5 Å². The number of aromatic nitrogens is 5. The fourth-order valence-electron chi connectivity index (χ4n) is 2.80. The van der Waals surface area contributed by atoms with Gasteiger partial charge >= 0.3 is 0 Å². The Kier molecular flexibility index (Phi) is 4.57. The predicted octanol–water partition coefficient (Wildman–Crippen LogP) is 0.664. The normalized spacial score (nSPS) is 17.3. The summed E-state index contributed by atoms with van der Waals surface area (Å²) in [6.45, 7) is 2.06. The zero-order valence-electron chi connectivity index (χ0n) is 14.0. The van der Waals surface area contributed by atoms with Crippen LogP contribution in [0.5, 0.6) is 0 Å². The van der Waals surface area contributed by atoms with Crippen LogP contribution in [0.1, 0.15) is 17.5 Å². The first-order chi connectivity index (χ1) is 12.7. The predicted molar refractivity (Wildman–Crippen MR) is 94.7 cm³/mol. The summed E-state index contributed by atoms with van der Waals surface area (Å²) in [4.78, 5) is 13.3. The van der Waals surface area contributed by atoms with Crippen LogP contribution in [0.3, 0.4) is 0 Å². The number of nitrogen functional groups attached to an aromatic ring is 1. The van der Waals surface area contributed by atoms with E-state index in [0.29, 0.717) is 36.2 Å². The molecule has 2 aromatic heterocycles. The lowest BCUT2D eigenvalue weighted by molar-refractivity contribution is 0.0224. The number of aliphatic hydroxyl groups is 1. The average Bonchev–Trinajstić information content (AvgIpc) is 3.19. The van der Waals surface area contributed by atoms with Gasteiger partial charge < -0.3 is 20.9 Å². The lowest BCUT2D eigenvalue weighted by atomic mass is 10.1. The highest BCUT2D eigenvalue weighted by molar-refractivity contribution is 5.69. The summed E-state index contributed by atoms with van der Waals surface area (Å²) in [5.41, 5.74) is 8.70. The van der Waals surface area contributed by atoms with E-state index < -0.39 is 0 Å². The number of nitrogens with one attached hydrogen (secondary N) is 2. The van der Waals surface area contributed by atoms with Crippen LogP contribution < -0.4 is 11.1 Å². The zero-order chi connectivity index (χ0) is 17.9. The molecule has 3 aromatic rings. The number of hydrogen-bond acceptors (Lipinski definition) is 8. The molecule has 0 spiro atoms. The van der Waals surface area contributed by atoms with Crippen LogP contribution in [-0.2, 0) is 11.3 Å². The highest BCUT2D eigenvalue weighted by atomic mass is 16.5. The van der Waals surface area contributed by atoms with E-state index in [1.165, 1.54) is 0 Å². The van der Waals surface area contributed by atoms with E-state index in [1.54, 1.807) is 6.20 Å². The van der Waals surface area contributed by atoms with E-state index in [1.807, 2.05) is 24.3 Å². The van der Waals surface area contributed by atoms with Gasteiger partial charge in [-0.1, -0.05) is 18.2 Å². The second kappa shape index (κ2) is 7.16. The van der Waals surface area contributed by atoms with Gasteiger partial charge in [0.1, 0.15) is 11.8 Å². The van der Waals surface area contributed by atoms with Crippen LogP contribution in [0.4, 0.5) is 5.82 Å². The zero-order valence-corrected chi connectivity index (χ0v) is 14.0. The Morgan fingerprint density at radius 1 is 1.31 bits per heavy atom. The number of rotatable bonds is 4. The number of aromatic amines is 1. The van der Waals surface area contributed by atoms with Crippen molar-refractivity contribution < 1.29 is 9.84 Å². The van der Waals surface area contributed by atoms with Crippen molar-refractivity contribution in [1.82, 2.24) is 30.5 Å². The molecule has 4 rings (SSSR count). The van der Waals surface area contributed by atoms with E-state index in [-0.39, 0.29) is 18.5 Å². The summed E-state index contributed by atoms with van der Waals surface area (Å²) in [6, 6.07) is 7.46. The Morgan fingerprint density at radius 2 is 2.23 bits per heavy atom. The lowest BCUT2D eigenvalue weighted by Crippen LogP contribution is -2.33. The van der Waals surface area contributed by atoms with Crippen LogP contribution in [0.2, 0.25) is 0 Å². The van der Waals surface area contributed by atoms with E-state index >= 15 is 0 Å². The maximum absolute atomic E-state index is 9.32. The molecule has 0 bridgehead atoms. The first kappa shape index (κ1) is 16.6.